The first kappa shape index (κ1) is 23.1. The van der Waals surface area contributed by atoms with Crippen LogP contribution in [0.25, 0.3) is 0 Å². The summed E-state index contributed by atoms with van der Waals surface area (Å²) in [7, 11) is 4.49. The van der Waals surface area contributed by atoms with Gasteiger partial charge in [0.05, 0.1) is 29.6 Å². The lowest BCUT2D eigenvalue weighted by atomic mass is 10.1. The van der Waals surface area contributed by atoms with Gasteiger partial charge in [-0.1, -0.05) is 12.1 Å². The number of likely N-dealkylation sites (tertiary alicyclic amines) is 1. The Bertz CT molecular complexity index is 1040. The van der Waals surface area contributed by atoms with E-state index in [9.17, 15) is 13.2 Å². The standard InChI is InChI=1S/C22H31N5O3S/c1-25(2)20-14-17(23-22(24-20)19-7-6-12-26(19)3)15-27(4)21(28)13-16-8-10-18(11-9-16)31(5,29)30/h8-11,14,19H,6-7,12-13,15H2,1-5H3. The van der Waals surface area contributed by atoms with Crippen molar-refractivity contribution in [2.75, 3.05) is 45.9 Å². The Morgan fingerprint density at radius 2 is 1.84 bits per heavy atom. The highest BCUT2D eigenvalue weighted by Crippen LogP contribution is 2.29. The maximum atomic E-state index is 12.8. The molecule has 0 saturated carbocycles. The van der Waals surface area contributed by atoms with Gasteiger partial charge in [-0.2, -0.15) is 0 Å². The van der Waals surface area contributed by atoms with E-state index in [0.29, 0.717) is 6.54 Å². The molecule has 0 aliphatic carbocycles. The zero-order valence-electron chi connectivity index (χ0n) is 18.9. The van der Waals surface area contributed by atoms with E-state index >= 15 is 0 Å². The van der Waals surface area contributed by atoms with E-state index in [2.05, 4.69) is 11.9 Å². The SMILES string of the molecule is CN(Cc1cc(N(C)C)nc(C2CCCN2C)n1)C(=O)Cc1ccc(S(C)(=O)=O)cc1. The topological polar surface area (TPSA) is 86.7 Å². The van der Waals surface area contributed by atoms with Crippen LogP contribution in [0.5, 0.6) is 0 Å². The van der Waals surface area contributed by atoms with Gasteiger partial charge in [0.25, 0.3) is 0 Å². The molecule has 31 heavy (non-hydrogen) atoms. The second-order valence-electron chi connectivity index (χ2n) is 8.45. The van der Waals surface area contributed by atoms with E-state index in [1.54, 1.807) is 24.1 Å². The van der Waals surface area contributed by atoms with Crippen LogP contribution in [0.2, 0.25) is 0 Å². The van der Waals surface area contributed by atoms with Gasteiger partial charge in [0.1, 0.15) is 11.6 Å². The molecule has 0 N–H and O–H groups in total. The molecule has 1 aromatic heterocycles. The number of sulfone groups is 1. The summed E-state index contributed by atoms with van der Waals surface area (Å²) in [6.07, 6.45) is 3.53. The van der Waals surface area contributed by atoms with Crippen molar-refractivity contribution in [2.24, 2.45) is 0 Å². The van der Waals surface area contributed by atoms with E-state index in [4.69, 9.17) is 9.97 Å². The molecule has 1 fully saturated rings. The first-order valence-electron chi connectivity index (χ1n) is 10.3. The molecule has 8 nitrogen and oxygen atoms in total. The third-order valence-corrected chi connectivity index (χ3v) is 6.72. The van der Waals surface area contributed by atoms with E-state index < -0.39 is 9.84 Å². The molecule has 2 heterocycles. The van der Waals surface area contributed by atoms with Crippen molar-refractivity contribution in [2.45, 2.75) is 36.7 Å². The summed E-state index contributed by atoms with van der Waals surface area (Å²) in [5, 5.41) is 0. The number of aromatic nitrogens is 2. The minimum absolute atomic E-state index is 0.0587. The normalized spacial score (nSPS) is 17.0. The van der Waals surface area contributed by atoms with Gasteiger partial charge < -0.3 is 9.80 Å². The largest absolute Gasteiger partial charge is 0.363 e. The monoisotopic (exact) mass is 445 g/mol. The molecule has 1 atom stereocenters. The average Bonchev–Trinajstić information content (AvgIpc) is 3.13. The Labute approximate surface area is 184 Å². The molecular weight excluding hydrogens is 414 g/mol. The van der Waals surface area contributed by atoms with Crippen LogP contribution < -0.4 is 4.90 Å². The lowest BCUT2D eigenvalue weighted by molar-refractivity contribution is -0.129. The van der Waals surface area contributed by atoms with Gasteiger partial charge in [0.15, 0.2) is 9.84 Å². The summed E-state index contributed by atoms with van der Waals surface area (Å²) in [6, 6.07) is 8.57. The average molecular weight is 446 g/mol. The summed E-state index contributed by atoms with van der Waals surface area (Å²) in [6.45, 7) is 1.42. The van der Waals surface area contributed by atoms with E-state index in [1.165, 1.54) is 18.4 Å². The number of nitrogens with zero attached hydrogens (tertiary/aromatic N) is 5. The Hall–Kier alpha value is -2.52. The Morgan fingerprint density at radius 3 is 2.39 bits per heavy atom. The molecular formula is C22H31N5O3S. The Balaban J connectivity index is 1.73. The highest BCUT2D eigenvalue weighted by Gasteiger charge is 2.26. The van der Waals surface area contributed by atoms with Crippen LogP contribution in [0, 0.1) is 0 Å². The number of rotatable bonds is 7. The predicted molar refractivity (Wildman–Crippen MR) is 121 cm³/mol. The maximum absolute atomic E-state index is 12.8. The number of likely N-dealkylation sites (N-methyl/N-ethyl adjacent to an activating group) is 1. The number of hydrogen-bond donors (Lipinski definition) is 0. The summed E-state index contributed by atoms with van der Waals surface area (Å²) in [5.74, 6) is 1.58. The van der Waals surface area contributed by atoms with Gasteiger partial charge in [0.2, 0.25) is 5.91 Å². The van der Waals surface area contributed by atoms with Crippen molar-refractivity contribution in [3.63, 3.8) is 0 Å². The first-order chi connectivity index (χ1) is 14.5. The molecule has 168 valence electrons. The fourth-order valence-corrected chi connectivity index (χ4v) is 4.32. The van der Waals surface area contributed by atoms with E-state index in [0.717, 1.165) is 42.3 Å². The maximum Gasteiger partial charge on any atom is 0.227 e. The zero-order chi connectivity index (χ0) is 22.8. The van der Waals surface area contributed by atoms with Crippen LogP contribution in [-0.4, -0.2) is 75.1 Å². The number of carbonyl (C=O) groups excluding carboxylic acids is 1. The van der Waals surface area contributed by atoms with Crippen LogP contribution in [0.3, 0.4) is 0 Å². The zero-order valence-corrected chi connectivity index (χ0v) is 19.7. The molecule has 1 unspecified atom stereocenters. The molecule has 1 aromatic carbocycles. The van der Waals surface area contributed by atoms with Gasteiger partial charge in [-0.3, -0.25) is 9.69 Å². The summed E-state index contributed by atoms with van der Waals surface area (Å²) in [4.78, 5) is 28.4. The number of hydrogen-bond acceptors (Lipinski definition) is 7. The second-order valence-corrected chi connectivity index (χ2v) is 10.5. The molecule has 0 radical (unpaired) electrons. The third kappa shape index (κ3) is 5.80. The van der Waals surface area contributed by atoms with Gasteiger partial charge in [-0.15, -0.1) is 0 Å². The molecule has 2 aromatic rings. The molecule has 3 rings (SSSR count). The molecule has 1 aliphatic heterocycles. The van der Waals surface area contributed by atoms with Gasteiger partial charge in [-0.25, -0.2) is 18.4 Å². The summed E-state index contributed by atoms with van der Waals surface area (Å²) in [5.41, 5.74) is 1.58. The smallest absolute Gasteiger partial charge is 0.227 e. The van der Waals surface area contributed by atoms with Crippen LogP contribution in [-0.2, 0) is 27.6 Å². The van der Waals surface area contributed by atoms with Crippen molar-refractivity contribution in [1.29, 1.82) is 0 Å². The van der Waals surface area contributed by atoms with E-state index in [-0.39, 0.29) is 23.3 Å². The Kier molecular flexibility index (Phi) is 6.96. The van der Waals surface area contributed by atoms with Crippen LogP contribution >= 0.6 is 0 Å². The first-order valence-corrected chi connectivity index (χ1v) is 12.2. The van der Waals surface area contributed by atoms with E-state index in [1.807, 2.05) is 25.1 Å². The van der Waals surface area contributed by atoms with Crippen molar-refractivity contribution < 1.29 is 13.2 Å². The number of amides is 1. The lowest BCUT2D eigenvalue weighted by Gasteiger charge is -2.23. The van der Waals surface area contributed by atoms with Crippen LogP contribution in [0.15, 0.2) is 35.2 Å². The predicted octanol–water partition coefficient (Wildman–Crippen LogP) is 1.91. The van der Waals surface area contributed by atoms with Crippen molar-refractivity contribution in [3.8, 4) is 0 Å². The van der Waals surface area contributed by atoms with Crippen molar-refractivity contribution in [3.05, 3.63) is 47.4 Å². The summed E-state index contributed by atoms with van der Waals surface area (Å²) < 4.78 is 23.2. The van der Waals surface area contributed by atoms with Crippen LogP contribution in [0.4, 0.5) is 5.82 Å². The number of benzene rings is 1. The molecule has 0 bridgehead atoms. The minimum Gasteiger partial charge on any atom is -0.363 e. The number of anilines is 1. The molecule has 1 amide bonds. The third-order valence-electron chi connectivity index (χ3n) is 5.59. The highest BCUT2D eigenvalue weighted by molar-refractivity contribution is 7.90. The number of carbonyl (C=O) groups is 1. The highest BCUT2D eigenvalue weighted by atomic mass is 32.2. The Morgan fingerprint density at radius 1 is 1.16 bits per heavy atom. The molecule has 1 saturated heterocycles. The second kappa shape index (κ2) is 9.32. The minimum atomic E-state index is -3.25. The lowest BCUT2D eigenvalue weighted by Crippen LogP contribution is -2.29. The fraction of sp³-hybridized carbons (Fsp3) is 0.500. The van der Waals surface area contributed by atoms with Crippen LogP contribution in [0.1, 0.15) is 36.0 Å². The molecule has 0 spiro atoms. The quantitative estimate of drug-likeness (QED) is 0.643. The van der Waals surface area contributed by atoms with Gasteiger partial charge in [-0.05, 0) is 44.1 Å². The van der Waals surface area contributed by atoms with Crippen molar-refractivity contribution in [1.82, 2.24) is 19.8 Å². The molecule has 9 heteroatoms. The van der Waals surface area contributed by atoms with Gasteiger partial charge in [0, 0.05) is 33.5 Å². The van der Waals surface area contributed by atoms with Gasteiger partial charge >= 0.3 is 0 Å². The van der Waals surface area contributed by atoms with Crippen molar-refractivity contribution >= 4 is 21.6 Å². The fourth-order valence-electron chi connectivity index (χ4n) is 3.69. The summed E-state index contributed by atoms with van der Waals surface area (Å²) >= 11 is 0. The molecule has 1 aliphatic rings.